The summed E-state index contributed by atoms with van der Waals surface area (Å²) in [6, 6.07) is 11.5. The van der Waals surface area contributed by atoms with Gasteiger partial charge in [-0.2, -0.15) is 0 Å². The maximum atomic E-state index is 12.4. The van der Waals surface area contributed by atoms with Crippen LogP contribution in [0.4, 0.5) is 10.5 Å². The Bertz CT molecular complexity index is 813. The summed E-state index contributed by atoms with van der Waals surface area (Å²) in [6.45, 7) is 12.9. The van der Waals surface area contributed by atoms with Crippen LogP contribution in [0.1, 0.15) is 58.2 Å². The molecule has 0 bridgehead atoms. The Labute approximate surface area is 173 Å². The van der Waals surface area contributed by atoms with Crippen LogP contribution in [0.25, 0.3) is 0 Å². The lowest BCUT2D eigenvalue weighted by Crippen LogP contribution is -2.29. The first-order valence-corrected chi connectivity index (χ1v) is 10.7. The summed E-state index contributed by atoms with van der Waals surface area (Å²) >= 11 is 1.59. The second-order valence-electron chi connectivity index (χ2n) is 9.05. The Balaban J connectivity index is 2.23. The van der Waals surface area contributed by atoms with E-state index in [1.165, 1.54) is 0 Å². The lowest BCUT2D eigenvalue weighted by Gasteiger charge is -2.28. The van der Waals surface area contributed by atoms with E-state index in [4.69, 9.17) is 0 Å². The minimum Gasteiger partial charge on any atom is -0.507 e. The molecule has 0 heterocycles. The molecule has 0 aliphatic carbocycles. The number of anilines is 1. The number of hydrogen-bond donors (Lipinski definition) is 3. The van der Waals surface area contributed by atoms with E-state index in [0.717, 1.165) is 27.3 Å². The number of phenolic OH excluding ortho intramolecular Hbond substituents is 1. The first-order chi connectivity index (χ1) is 12.9. The molecule has 0 spiro atoms. The normalized spacial score (nSPS) is 12.0. The minimum absolute atomic E-state index is 0.195. The molecule has 0 aliphatic rings. The van der Waals surface area contributed by atoms with Gasteiger partial charge < -0.3 is 15.7 Å². The molecule has 2 aromatic rings. The van der Waals surface area contributed by atoms with E-state index >= 15 is 0 Å². The summed E-state index contributed by atoms with van der Waals surface area (Å²) in [7, 11) is 0. The maximum Gasteiger partial charge on any atom is 0.319 e. The zero-order valence-electron chi connectivity index (χ0n) is 17.9. The van der Waals surface area contributed by atoms with Crippen LogP contribution in [0.15, 0.2) is 41.3 Å². The lowest BCUT2D eigenvalue weighted by molar-refractivity contribution is 0.251. The van der Waals surface area contributed by atoms with Crippen molar-refractivity contribution in [2.75, 3.05) is 11.6 Å². The molecule has 0 fully saturated rings. The van der Waals surface area contributed by atoms with Crippen molar-refractivity contribution in [2.45, 2.75) is 63.8 Å². The molecule has 3 N–H and O–H groups in total. The van der Waals surface area contributed by atoms with Gasteiger partial charge in [-0.15, -0.1) is 11.8 Å². The van der Waals surface area contributed by atoms with Gasteiger partial charge in [0.05, 0.1) is 5.69 Å². The first kappa shape index (κ1) is 22.2. The number of rotatable bonds is 4. The summed E-state index contributed by atoms with van der Waals surface area (Å²) in [5.41, 5.74) is 3.17. The fourth-order valence-electron chi connectivity index (χ4n) is 3.04. The number of carbonyl (C=O) groups excluding carboxylic acids is 1. The molecule has 4 nitrogen and oxygen atoms in total. The molecule has 0 aromatic heterocycles. The van der Waals surface area contributed by atoms with Gasteiger partial charge in [0.1, 0.15) is 5.75 Å². The standard InChI is InChI=1S/C23H32N2O2S/c1-22(2,3)16-12-15(13-17(20(16)26)23(4,5)6)14-24-21(27)25-18-10-8-9-11-19(18)28-7/h8-13,26H,14H2,1-7H3,(H2,24,25,27). The third kappa shape index (κ3) is 5.44. The van der Waals surface area contributed by atoms with Crippen LogP contribution in [0.2, 0.25) is 0 Å². The molecule has 2 rings (SSSR count). The fraction of sp³-hybridized carbons (Fsp3) is 0.435. The van der Waals surface area contributed by atoms with Crippen molar-refractivity contribution in [3.8, 4) is 5.75 Å². The summed E-state index contributed by atoms with van der Waals surface area (Å²) in [4.78, 5) is 13.4. The maximum absolute atomic E-state index is 12.4. The lowest BCUT2D eigenvalue weighted by atomic mass is 9.78. The monoisotopic (exact) mass is 400 g/mol. The number of amides is 2. The highest BCUT2D eigenvalue weighted by atomic mass is 32.2. The average molecular weight is 401 g/mol. The van der Waals surface area contributed by atoms with E-state index in [1.807, 2.05) is 42.7 Å². The number of aromatic hydroxyl groups is 1. The fourth-order valence-corrected chi connectivity index (χ4v) is 3.59. The second kappa shape index (κ2) is 8.48. The Morgan fingerprint density at radius 1 is 1.00 bits per heavy atom. The molecule has 0 saturated heterocycles. The predicted octanol–water partition coefficient (Wildman–Crippen LogP) is 6.03. The van der Waals surface area contributed by atoms with E-state index in [9.17, 15) is 9.90 Å². The Morgan fingerprint density at radius 3 is 2.04 bits per heavy atom. The summed E-state index contributed by atoms with van der Waals surface area (Å²) in [5, 5.41) is 16.7. The smallest absolute Gasteiger partial charge is 0.319 e. The molecule has 28 heavy (non-hydrogen) atoms. The number of nitrogens with one attached hydrogen (secondary N) is 2. The van der Waals surface area contributed by atoms with Gasteiger partial charge in [0.15, 0.2) is 0 Å². The van der Waals surface area contributed by atoms with Gasteiger partial charge in [0, 0.05) is 11.4 Å². The van der Waals surface area contributed by atoms with Crippen LogP contribution in [-0.4, -0.2) is 17.4 Å². The molecule has 0 radical (unpaired) electrons. The Morgan fingerprint density at radius 2 is 1.54 bits per heavy atom. The Hall–Kier alpha value is -2.14. The predicted molar refractivity (Wildman–Crippen MR) is 120 cm³/mol. The third-order valence-corrected chi connectivity index (χ3v) is 5.39. The van der Waals surface area contributed by atoms with Gasteiger partial charge in [-0.25, -0.2) is 4.79 Å². The summed E-state index contributed by atoms with van der Waals surface area (Å²) in [6.07, 6.45) is 1.98. The van der Waals surface area contributed by atoms with Crippen LogP contribution in [0.5, 0.6) is 5.75 Å². The van der Waals surface area contributed by atoms with Crippen molar-refractivity contribution in [1.29, 1.82) is 0 Å². The van der Waals surface area contributed by atoms with Crippen LogP contribution >= 0.6 is 11.8 Å². The molecular weight excluding hydrogens is 368 g/mol. The van der Waals surface area contributed by atoms with Gasteiger partial charge in [-0.1, -0.05) is 53.7 Å². The zero-order chi connectivity index (χ0) is 21.1. The number of benzene rings is 2. The molecule has 152 valence electrons. The van der Waals surface area contributed by atoms with E-state index in [2.05, 4.69) is 52.2 Å². The van der Waals surface area contributed by atoms with Crippen LogP contribution in [0, 0.1) is 0 Å². The molecule has 0 saturated carbocycles. The quantitative estimate of drug-likeness (QED) is 0.549. The minimum atomic E-state index is -0.246. The topological polar surface area (TPSA) is 61.4 Å². The summed E-state index contributed by atoms with van der Waals surface area (Å²) in [5.74, 6) is 0.349. The summed E-state index contributed by atoms with van der Waals surface area (Å²) < 4.78 is 0. The van der Waals surface area contributed by atoms with Crippen LogP contribution in [-0.2, 0) is 17.4 Å². The molecule has 5 heteroatoms. The van der Waals surface area contributed by atoms with E-state index in [1.54, 1.807) is 11.8 Å². The zero-order valence-corrected chi connectivity index (χ0v) is 18.8. The van der Waals surface area contributed by atoms with Crippen molar-refractivity contribution >= 4 is 23.5 Å². The van der Waals surface area contributed by atoms with Crippen molar-refractivity contribution in [2.24, 2.45) is 0 Å². The van der Waals surface area contributed by atoms with Crippen molar-refractivity contribution in [3.63, 3.8) is 0 Å². The average Bonchev–Trinajstić information content (AvgIpc) is 2.59. The second-order valence-corrected chi connectivity index (χ2v) is 9.90. The number of urea groups is 1. The number of phenols is 1. The van der Waals surface area contributed by atoms with Crippen LogP contribution < -0.4 is 10.6 Å². The van der Waals surface area contributed by atoms with Gasteiger partial charge in [-0.05, 0) is 58.0 Å². The number of carbonyl (C=O) groups is 1. The van der Waals surface area contributed by atoms with Gasteiger partial charge in [-0.3, -0.25) is 0 Å². The van der Waals surface area contributed by atoms with Gasteiger partial charge in [0.25, 0.3) is 0 Å². The molecule has 0 atom stereocenters. The van der Waals surface area contributed by atoms with Gasteiger partial charge >= 0.3 is 6.03 Å². The number of thioether (sulfide) groups is 1. The molecular formula is C23H32N2O2S. The SMILES string of the molecule is CSc1ccccc1NC(=O)NCc1cc(C(C)(C)C)c(O)c(C(C)(C)C)c1. The third-order valence-electron chi connectivity index (χ3n) is 4.59. The largest absolute Gasteiger partial charge is 0.507 e. The number of hydrogen-bond acceptors (Lipinski definition) is 3. The Kier molecular flexibility index (Phi) is 6.71. The number of para-hydroxylation sites is 1. The van der Waals surface area contributed by atoms with Crippen molar-refractivity contribution in [1.82, 2.24) is 5.32 Å². The molecule has 2 amide bonds. The first-order valence-electron chi connectivity index (χ1n) is 9.48. The van der Waals surface area contributed by atoms with E-state index in [-0.39, 0.29) is 16.9 Å². The van der Waals surface area contributed by atoms with E-state index in [0.29, 0.717) is 12.3 Å². The van der Waals surface area contributed by atoms with E-state index < -0.39 is 0 Å². The van der Waals surface area contributed by atoms with Crippen molar-refractivity contribution in [3.05, 3.63) is 53.1 Å². The highest BCUT2D eigenvalue weighted by molar-refractivity contribution is 7.98. The van der Waals surface area contributed by atoms with Gasteiger partial charge in [0.2, 0.25) is 0 Å². The highest BCUT2D eigenvalue weighted by Crippen LogP contribution is 2.39. The van der Waals surface area contributed by atoms with Crippen LogP contribution in [0.3, 0.4) is 0 Å². The molecule has 0 aliphatic heterocycles. The highest BCUT2D eigenvalue weighted by Gasteiger charge is 2.26. The molecule has 2 aromatic carbocycles. The molecule has 0 unspecified atom stereocenters. The van der Waals surface area contributed by atoms with Crippen molar-refractivity contribution < 1.29 is 9.90 Å².